The first-order chi connectivity index (χ1) is 14.6. The fraction of sp³-hybridized carbons (Fsp3) is 0.174. The Morgan fingerprint density at radius 1 is 1.03 bits per heavy atom. The number of nitrogens with zero attached hydrogens (tertiary/aromatic N) is 4. The summed E-state index contributed by atoms with van der Waals surface area (Å²) in [5.74, 6) is 0.819. The number of hydrogen-bond acceptors (Lipinski definition) is 5. The topological polar surface area (TPSA) is 73.4 Å². The van der Waals surface area contributed by atoms with E-state index in [0.717, 1.165) is 5.56 Å². The van der Waals surface area contributed by atoms with Crippen molar-refractivity contribution in [3.63, 3.8) is 0 Å². The second kappa shape index (κ2) is 8.85. The molecule has 6 nitrogen and oxygen atoms in total. The Kier molecular flexibility index (Phi) is 5.82. The van der Waals surface area contributed by atoms with Gasteiger partial charge in [0.2, 0.25) is 17.5 Å². The molecule has 1 aromatic heterocycles. The van der Waals surface area contributed by atoms with Gasteiger partial charge in [0.25, 0.3) is 5.91 Å². The van der Waals surface area contributed by atoms with Crippen molar-refractivity contribution in [2.45, 2.75) is 0 Å². The number of rotatable bonds is 4. The molecule has 0 aliphatic carbocycles. The Morgan fingerprint density at radius 2 is 1.73 bits per heavy atom. The smallest absolute Gasteiger partial charge is 0.253 e. The van der Waals surface area contributed by atoms with E-state index in [0.29, 0.717) is 48.5 Å². The number of hydrogen-bond donors (Lipinski definition) is 0. The van der Waals surface area contributed by atoms with Crippen molar-refractivity contribution in [2.75, 3.05) is 31.1 Å². The van der Waals surface area contributed by atoms with E-state index in [4.69, 9.17) is 16.0 Å². The fourth-order valence-corrected chi connectivity index (χ4v) is 3.43. The van der Waals surface area contributed by atoms with Gasteiger partial charge in [-0.05, 0) is 35.9 Å². The van der Waals surface area contributed by atoms with Crippen LogP contribution in [0.25, 0.3) is 12.2 Å². The van der Waals surface area contributed by atoms with Crippen LogP contribution in [0.1, 0.15) is 27.5 Å². The van der Waals surface area contributed by atoms with Crippen molar-refractivity contribution in [2.24, 2.45) is 0 Å². The number of amides is 1. The molecule has 0 radical (unpaired) electrons. The van der Waals surface area contributed by atoms with Crippen LogP contribution in [-0.4, -0.2) is 42.0 Å². The Morgan fingerprint density at radius 3 is 2.40 bits per heavy atom. The number of halogens is 1. The molecule has 1 aliphatic rings. The lowest BCUT2D eigenvalue weighted by molar-refractivity contribution is 0.0745. The summed E-state index contributed by atoms with van der Waals surface area (Å²) in [5, 5.41) is 10.1. The quantitative estimate of drug-likeness (QED) is 0.630. The second-order valence-corrected chi connectivity index (χ2v) is 7.28. The summed E-state index contributed by atoms with van der Waals surface area (Å²) in [6.45, 7) is 2.25. The van der Waals surface area contributed by atoms with Crippen molar-refractivity contribution in [1.82, 2.24) is 9.88 Å². The van der Waals surface area contributed by atoms with E-state index < -0.39 is 0 Å². The van der Waals surface area contributed by atoms with Crippen LogP contribution in [0.4, 0.5) is 5.88 Å². The minimum absolute atomic E-state index is 0.0138. The molecule has 3 aromatic rings. The van der Waals surface area contributed by atoms with Crippen molar-refractivity contribution in [1.29, 1.82) is 5.26 Å². The predicted molar refractivity (Wildman–Crippen MR) is 116 cm³/mol. The summed E-state index contributed by atoms with van der Waals surface area (Å²) in [5.41, 5.74) is 1.87. The van der Waals surface area contributed by atoms with Gasteiger partial charge in [-0.25, -0.2) is 0 Å². The zero-order valence-corrected chi connectivity index (χ0v) is 16.9. The zero-order valence-electron chi connectivity index (χ0n) is 16.2. The van der Waals surface area contributed by atoms with Gasteiger partial charge in [0.1, 0.15) is 6.07 Å². The summed E-state index contributed by atoms with van der Waals surface area (Å²) in [4.78, 5) is 20.7. The number of oxazole rings is 1. The van der Waals surface area contributed by atoms with E-state index in [-0.39, 0.29) is 11.6 Å². The van der Waals surface area contributed by atoms with E-state index in [2.05, 4.69) is 11.1 Å². The summed E-state index contributed by atoms with van der Waals surface area (Å²) in [6, 6.07) is 18.7. The summed E-state index contributed by atoms with van der Waals surface area (Å²) in [7, 11) is 0. The van der Waals surface area contributed by atoms with Crippen LogP contribution in [0.2, 0.25) is 5.02 Å². The molecule has 4 rings (SSSR count). The van der Waals surface area contributed by atoms with Crippen molar-refractivity contribution in [3.8, 4) is 6.07 Å². The molecule has 1 aliphatic heterocycles. The first kappa shape index (κ1) is 19.7. The SMILES string of the molecule is N#Cc1nc(C=Cc2ccc(Cl)cc2)oc1N1CCN(C(=O)c2ccccc2)CC1. The molecule has 0 atom stereocenters. The number of benzene rings is 2. The highest BCUT2D eigenvalue weighted by molar-refractivity contribution is 6.30. The average Bonchev–Trinajstić information content (AvgIpc) is 3.22. The maximum Gasteiger partial charge on any atom is 0.253 e. The van der Waals surface area contributed by atoms with E-state index in [1.807, 2.05) is 58.3 Å². The second-order valence-electron chi connectivity index (χ2n) is 6.85. The predicted octanol–water partition coefficient (Wildman–Crippen LogP) is 4.33. The Hall–Kier alpha value is -3.56. The van der Waals surface area contributed by atoms with Gasteiger partial charge in [0, 0.05) is 42.8 Å². The first-order valence-corrected chi connectivity index (χ1v) is 9.95. The van der Waals surface area contributed by atoms with Gasteiger partial charge in [-0.2, -0.15) is 10.2 Å². The van der Waals surface area contributed by atoms with Crippen LogP contribution in [0.15, 0.2) is 59.0 Å². The Bertz CT molecular complexity index is 1090. The molecule has 150 valence electrons. The highest BCUT2D eigenvalue weighted by Gasteiger charge is 2.26. The minimum Gasteiger partial charge on any atom is -0.420 e. The molecular weight excluding hydrogens is 400 g/mol. The van der Waals surface area contributed by atoms with E-state index in [9.17, 15) is 10.1 Å². The minimum atomic E-state index is 0.0138. The summed E-state index contributed by atoms with van der Waals surface area (Å²) >= 11 is 5.90. The lowest BCUT2D eigenvalue weighted by Crippen LogP contribution is -2.48. The van der Waals surface area contributed by atoms with Gasteiger partial charge in [-0.15, -0.1) is 0 Å². The number of nitriles is 1. The molecule has 0 bridgehead atoms. The number of carbonyl (C=O) groups is 1. The van der Waals surface area contributed by atoms with Gasteiger partial charge in [-0.1, -0.05) is 41.9 Å². The van der Waals surface area contributed by atoms with Crippen LogP contribution in [0.5, 0.6) is 0 Å². The van der Waals surface area contributed by atoms with E-state index >= 15 is 0 Å². The third-order valence-electron chi connectivity index (χ3n) is 4.89. The van der Waals surface area contributed by atoms with Gasteiger partial charge in [-0.3, -0.25) is 4.79 Å². The van der Waals surface area contributed by atoms with Crippen LogP contribution in [-0.2, 0) is 0 Å². The molecule has 0 N–H and O–H groups in total. The third kappa shape index (κ3) is 4.37. The number of anilines is 1. The number of aromatic nitrogens is 1. The molecular formula is C23H19ClN4O2. The molecule has 0 unspecified atom stereocenters. The largest absolute Gasteiger partial charge is 0.420 e. The Labute approximate surface area is 179 Å². The highest BCUT2D eigenvalue weighted by Crippen LogP contribution is 2.24. The van der Waals surface area contributed by atoms with E-state index in [1.54, 1.807) is 18.2 Å². The molecule has 1 amide bonds. The van der Waals surface area contributed by atoms with Crippen LogP contribution < -0.4 is 4.90 Å². The maximum atomic E-state index is 12.6. The molecule has 0 spiro atoms. The van der Waals surface area contributed by atoms with Crippen molar-refractivity contribution >= 4 is 35.5 Å². The summed E-state index contributed by atoms with van der Waals surface area (Å²) < 4.78 is 5.85. The number of piperazine rings is 1. The summed E-state index contributed by atoms with van der Waals surface area (Å²) in [6.07, 6.45) is 3.58. The number of carbonyl (C=O) groups excluding carboxylic acids is 1. The molecule has 1 saturated heterocycles. The molecule has 1 fully saturated rings. The molecule has 30 heavy (non-hydrogen) atoms. The lowest BCUT2D eigenvalue weighted by Gasteiger charge is -2.34. The van der Waals surface area contributed by atoms with Crippen LogP contribution in [0.3, 0.4) is 0 Å². The zero-order chi connectivity index (χ0) is 20.9. The molecule has 2 heterocycles. The monoisotopic (exact) mass is 418 g/mol. The standard InChI is InChI=1S/C23H19ClN4O2/c24-19-9-6-17(7-10-19)8-11-21-26-20(16-25)23(30-21)28-14-12-27(13-15-28)22(29)18-4-2-1-3-5-18/h1-11H,12-15H2. The highest BCUT2D eigenvalue weighted by atomic mass is 35.5. The fourth-order valence-electron chi connectivity index (χ4n) is 3.30. The van der Waals surface area contributed by atoms with Crippen molar-refractivity contribution in [3.05, 3.63) is 82.3 Å². The van der Waals surface area contributed by atoms with Gasteiger partial charge >= 0.3 is 0 Å². The van der Waals surface area contributed by atoms with Gasteiger partial charge in [0.15, 0.2) is 0 Å². The molecule has 0 saturated carbocycles. The van der Waals surface area contributed by atoms with E-state index in [1.165, 1.54) is 0 Å². The molecule has 7 heteroatoms. The van der Waals surface area contributed by atoms with Crippen LogP contribution in [0, 0.1) is 11.3 Å². The van der Waals surface area contributed by atoms with Gasteiger partial charge in [0.05, 0.1) is 0 Å². The van der Waals surface area contributed by atoms with Crippen LogP contribution >= 0.6 is 11.6 Å². The Balaban J connectivity index is 1.44. The first-order valence-electron chi connectivity index (χ1n) is 9.58. The van der Waals surface area contributed by atoms with Gasteiger partial charge < -0.3 is 14.2 Å². The average molecular weight is 419 g/mol. The lowest BCUT2D eigenvalue weighted by atomic mass is 10.2. The third-order valence-corrected chi connectivity index (χ3v) is 5.15. The van der Waals surface area contributed by atoms with Crippen molar-refractivity contribution < 1.29 is 9.21 Å². The normalized spacial score (nSPS) is 14.1. The molecule has 2 aromatic carbocycles. The maximum absolute atomic E-state index is 12.6.